The van der Waals surface area contributed by atoms with Gasteiger partial charge in [-0.25, -0.2) is 5.43 Å². The van der Waals surface area contributed by atoms with Gasteiger partial charge in [0.2, 0.25) is 0 Å². The van der Waals surface area contributed by atoms with E-state index in [1.165, 1.54) is 0 Å². The highest BCUT2D eigenvalue weighted by Crippen LogP contribution is 2.33. The van der Waals surface area contributed by atoms with Gasteiger partial charge in [0.15, 0.2) is 0 Å². The smallest absolute Gasteiger partial charge is 0.271 e. The molecule has 31 heavy (non-hydrogen) atoms. The Bertz CT molecular complexity index is 1120. The van der Waals surface area contributed by atoms with E-state index in [2.05, 4.69) is 39.7 Å². The third kappa shape index (κ3) is 4.97. The Labute approximate surface area is 181 Å². The molecule has 1 amide bonds. The number of anilines is 4. The number of nitrogens with two attached hydrogens (primary N) is 1. The van der Waals surface area contributed by atoms with Crippen molar-refractivity contribution in [2.45, 2.75) is 0 Å². The van der Waals surface area contributed by atoms with Gasteiger partial charge < -0.3 is 10.6 Å². The van der Waals surface area contributed by atoms with Gasteiger partial charge in [-0.05, 0) is 66.2 Å². The van der Waals surface area contributed by atoms with E-state index >= 15 is 0 Å². The number of rotatable bonds is 6. The summed E-state index contributed by atoms with van der Waals surface area (Å²) in [6.07, 6.45) is 1.62. The number of nitrogen functional groups attached to an aromatic ring is 1. The summed E-state index contributed by atoms with van der Waals surface area (Å²) in [6, 6.07) is 35.1. The maximum absolute atomic E-state index is 12.1. The summed E-state index contributed by atoms with van der Waals surface area (Å²) in [5.41, 5.74) is 13.4. The Morgan fingerprint density at radius 3 is 1.77 bits per heavy atom. The van der Waals surface area contributed by atoms with Crippen LogP contribution in [-0.4, -0.2) is 12.1 Å². The zero-order valence-electron chi connectivity index (χ0n) is 16.8. The molecule has 0 aliphatic heterocycles. The number of nitrogens with one attached hydrogen (secondary N) is 1. The van der Waals surface area contributed by atoms with Gasteiger partial charge in [0.25, 0.3) is 5.91 Å². The Kier molecular flexibility index (Phi) is 6.05. The first-order valence-electron chi connectivity index (χ1n) is 9.90. The molecule has 0 unspecified atom stereocenters. The third-order valence-corrected chi connectivity index (χ3v) is 4.73. The molecular formula is C26H22N4O. The second-order valence-electron chi connectivity index (χ2n) is 6.92. The summed E-state index contributed by atoms with van der Waals surface area (Å²) >= 11 is 0. The van der Waals surface area contributed by atoms with Crippen molar-refractivity contribution in [2.24, 2.45) is 5.10 Å². The molecule has 4 aromatic carbocycles. The second kappa shape index (κ2) is 9.41. The van der Waals surface area contributed by atoms with Crippen LogP contribution in [0, 0.1) is 0 Å². The lowest BCUT2D eigenvalue weighted by molar-refractivity contribution is 0.0955. The first kappa shape index (κ1) is 19.9. The highest BCUT2D eigenvalue weighted by molar-refractivity contribution is 5.95. The van der Waals surface area contributed by atoms with Crippen molar-refractivity contribution in [2.75, 3.05) is 10.6 Å². The van der Waals surface area contributed by atoms with Gasteiger partial charge in [0.1, 0.15) is 0 Å². The number of hydrogen-bond donors (Lipinski definition) is 2. The molecule has 5 heteroatoms. The normalized spacial score (nSPS) is 10.7. The summed E-state index contributed by atoms with van der Waals surface area (Å²) in [5.74, 6) is -0.285. The van der Waals surface area contributed by atoms with E-state index in [4.69, 9.17) is 5.73 Å². The van der Waals surface area contributed by atoms with Crippen LogP contribution in [0.15, 0.2) is 114 Å². The zero-order valence-corrected chi connectivity index (χ0v) is 16.8. The second-order valence-corrected chi connectivity index (χ2v) is 6.92. The largest absolute Gasteiger partial charge is 0.399 e. The van der Waals surface area contributed by atoms with Crippen LogP contribution < -0.4 is 16.1 Å². The van der Waals surface area contributed by atoms with Gasteiger partial charge in [0, 0.05) is 28.3 Å². The summed E-state index contributed by atoms with van der Waals surface area (Å²) in [6.45, 7) is 0. The monoisotopic (exact) mass is 406 g/mol. The first-order chi connectivity index (χ1) is 15.2. The molecule has 4 aromatic rings. The van der Waals surface area contributed by atoms with Crippen molar-refractivity contribution < 1.29 is 4.79 Å². The predicted molar refractivity (Wildman–Crippen MR) is 127 cm³/mol. The summed E-state index contributed by atoms with van der Waals surface area (Å²) < 4.78 is 0. The average molecular weight is 406 g/mol. The number of amides is 1. The SMILES string of the molecule is Nc1ccc(C(=O)NN=Cc2ccc(N(c3ccccc3)c3ccccc3)cc2)cc1. The van der Waals surface area contributed by atoms with Gasteiger partial charge in [-0.15, -0.1) is 0 Å². The highest BCUT2D eigenvalue weighted by Gasteiger charge is 2.11. The standard InChI is InChI=1S/C26H22N4O/c27-22-15-13-21(14-16-22)26(31)29-28-19-20-11-17-25(18-12-20)30(23-7-3-1-4-8-23)24-9-5-2-6-10-24/h1-19H,27H2,(H,29,31). The highest BCUT2D eigenvalue weighted by atomic mass is 16.2. The van der Waals surface area contributed by atoms with Crippen LogP contribution in [0.3, 0.4) is 0 Å². The average Bonchev–Trinajstić information content (AvgIpc) is 2.82. The van der Waals surface area contributed by atoms with Crippen molar-refractivity contribution in [3.05, 3.63) is 120 Å². The van der Waals surface area contributed by atoms with Crippen LogP contribution >= 0.6 is 0 Å². The van der Waals surface area contributed by atoms with Gasteiger partial charge in [-0.2, -0.15) is 5.10 Å². The van der Waals surface area contributed by atoms with E-state index in [0.717, 1.165) is 22.6 Å². The van der Waals surface area contributed by atoms with Crippen molar-refractivity contribution in [3.8, 4) is 0 Å². The summed E-state index contributed by atoms with van der Waals surface area (Å²) in [4.78, 5) is 14.3. The molecule has 152 valence electrons. The molecule has 3 N–H and O–H groups in total. The van der Waals surface area contributed by atoms with Crippen LogP contribution in [0.4, 0.5) is 22.7 Å². The predicted octanol–water partition coefficient (Wildman–Crippen LogP) is 5.50. The fraction of sp³-hybridized carbons (Fsp3) is 0. The van der Waals surface area contributed by atoms with E-state index in [1.54, 1.807) is 30.5 Å². The summed E-state index contributed by atoms with van der Waals surface area (Å²) in [7, 11) is 0. The Morgan fingerprint density at radius 2 is 1.23 bits per heavy atom. The fourth-order valence-corrected chi connectivity index (χ4v) is 3.18. The molecule has 0 bridgehead atoms. The lowest BCUT2D eigenvalue weighted by Gasteiger charge is -2.25. The topological polar surface area (TPSA) is 70.7 Å². The molecule has 5 nitrogen and oxygen atoms in total. The number of hydrazone groups is 1. The number of carbonyl (C=O) groups excluding carboxylic acids is 1. The third-order valence-electron chi connectivity index (χ3n) is 4.73. The van der Waals surface area contributed by atoms with E-state index < -0.39 is 0 Å². The lowest BCUT2D eigenvalue weighted by Crippen LogP contribution is -2.17. The zero-order chi connectivity index (χ0) is 21.5. The van der Waals surface area contributed by atoms with Gasteiger partial charge in [-0.1, -0.05) is 48.5 Å². The minimum atomic E-state index is -0.285. The van der Waals surface area contributed by atoms with E-state index in [9.17, 15) is 4.79 Å². The van der Waals surface area contributed by atoms with Crippen molar-refractivity contribution in [1.29, 1.82) is 0 Å². The van der Waals surface area contributed by atoms with Gasteiger partial charge in [-0.3, -0.25) is 4.79 Å². The molecule has 0 heterocycles. The molecule has 0 spiro atoms. The Morgan fingerprint density at radius 1 is 0.710 bits per heavy atom. The number of nitrogens with zero attached hydrogens (tertiary/aromatic N) is 2. The van der Waals surface area contributed by atoms with E-state index in [0.29, 0.717) is 11.3 Å². The number of benzene rings is 4. The van der Waals surface area contributed by atoms with Crippen LogP contribution in [0.5, 0.6) is 0 Å². The van der Waals surface area contributed by atoms with Crippen LogP contribution in [-0.2, 0) is 0 Å². The molecular weight excluding hydrogens is 384 g/mol. The molecule has 0 fully saturated rings. The van der Waals surface area contributed by atoms with Crippen molar-refractivity contribution in [3.63, 3.8) is 0 Å². The molecule has 0 aliphatic carbocycles. The van der Waals surface area contributed by atoms with E-state index in [1.807, 2.05) is 60.7 Å². The van der Waals surface area contributed by atoms with Crippen molar-refractivity contribution in [1.82, 2.24) is 5.43 Å². The molecule has 0 atom stereocenters. The summed E-state index contributed by atoms with van der Waals surface area (Å²) in [5, 5.41) is 4.06. The minimum absolute atomic E-state index is 0.285. The number of carbonyl (C=O) groups is 1. The minimum Gasteiger partial charge on any atom is -0.399 e. The Hall–Kier alpha value is -4.38. The maximum Gasteiger partial charge on any atom is 0.271 e. The number of para-hydroxylation sites is 2. The molecule has 0 aliphatic rings. The molecule has 0 saturated heterocycles. The lowest BCUT2D eigenvalue weighted by atomic mass is 10.1. The molecule has 0 saturated carbocycles. The molecule has 0 aromatic heterocycles. The maximum atomic E-state index is 12.1. The molecule has 0 radical (unpaired) electrons. The van der Waals surface area contributed by atoms with Crippen LogP contribution in [0.25, 0.3) is 0 Å². The van der Waals surface area contributed by atoms with Gasteiger partial charge in [0.05, 0.1) is 6.21 Å². The van der Waals surface area contributed by atoms with Gasteiger partial charge >= 0.3 is 0 Å². The first-order valence-corrected chi connectivity index (χ1v) is 9.90. The van der Waals surface area contributed by atoms with Crippen LogP contribution in [0.1, 0.15) is 15.9 Å². The van der Waals surface area contributed by atoms with E-state index in [-0.39, 0.29) is 5.91 Å². The quantitative estimate of drug-likeness (QED) is 0.252. The number of hydrogen-bond acceptors (Lipinski definition) is 4. The fourth-order valence-electron chi connectivity index (χ4n) is 3.18. The molecule has 4 rings (SSSR count). The van der Waals surface area contributed by atoms with Crippen LogP contribution in [0.2, 0.25) is 0 Å². The van der Waals surface area contributed by atoms with Crippen molar-refractivity contribution >= 4 is 34.9 Å². The Balaban J connectivity index is 1.50.